The first kappa shape index (κ1) is 12.8. The van der Waals surface area contributed by atoms with Crippen LogP contribution >= 0.6 is 0 Å². The van der Waals surface area contributed by atoms with E-state index in [-0.39, 0.29) is 12.2 Å². The van der Waals surface area contributed by atoms with Crippen LogP contribution in [0, 0.1) is 0 Å². The van der Waals surface area contributed by atoms with Crippen LogP contribution in [0.15, 0.2) is 22.8 Å². The molecular formula is C12H18O4. The van der Waals surface area contributed by atoms with Crippen molar-refractivity contribution in [1.29, 1.82) is 0 Å². The van der Waals surface area contributed by atoms with E-state index in [0.29, 0.717) is 0 Å². The molecule has 1 atom stereocenters. The van der Waals surface area contributed by atoms with Crippen molar-refractivity contribution in [3.05, 3.63) is 24.2 Å². The van der Waals surface area contributed by atoms with Crippen LogP contribution in [0.4, 0.5) is 0 Å². The Hall–Kier alpha value is -1.29. The van der Waals surface area contributed by atoms with Gasteiger partial charge in [-0.2, -0.15) is 0 Å². The summed E-state index contributed by atoms with van der Waals surface area (Å²) in [5, 5.41) is 10.2. The second-order valence-corrected chi connectivity index (χ2v) is 4.69. The summed E-state index contributed by atoms with van der Waals surface area (Å²) in [5.74, 6) is -0.471. The maximum absolute atomic E-state index is 11.9. The second-order valence-electron chi connectivity index (χ2n) is 4.69. The molecule has 0 unspecified atom stereocenters. The Morgan fingerprint density at radius 2 is 2.12 bits per heavy atom. The summed E-state index contributed by atoms with van der Waals surface area (Å²) in [4.78, 5) is 11.9. The zero-order chi connectivity index (χ0) is 12.4. The summed E-state index contributed by atoms with van der Waals surface area (Å²) < 4.78 is 10.2. The lowest BCUT2D eigenvalue weighted by Gasteiger charge is -2.27. The molecule has 0 aliphatic carbocycles. The predicted molar refractivity (Wildman–Crippen MR) is 58.7 cm³/mol. The topological polar surface area (TPSA) is 59.7 Å². The fourth-order valence-electron chi connectivity index (χ4n) is 1.30. The predicted octanol–water partition coefficient (Wildman–Crippen LogP) is 2.22. The maximum atomic E-state index is 11.9. The molecule has 4 heteroatoms. The highest BCUT2D eigenvalue weighted by atomic mass is 16.6. The van der Waals surface area contributed by atoms with Gasteiger partial charge in [0.2, 0.25) is 5.60 Å². The third-order valence-electron chi connectivity index (χ3n) is 2.18. The fourth-order valence-corrected chi connectivity index (χ4v) is 1.30. The molecule has 1 rings (SSSR count). The number of esters is 1. The number of furan rings is 1. The van der Waals surface area contributed by atoms with Crippen molar-refractivity contribution < 1.29 is 19.1 Å². The molecule has 1 aromatic rings. The number of hydrogen-bond acceptors (Lipinski definition) is 4. The first-order valence-corrected chi connectivity index (χ1v) is 5.29. The Bertz CT molecular complexity index is 348. The quantitative estimate of drug-likeness (QED) is 0.803. The lowest BCUT2D eigenvalue weighted by atomic mass is 9.97. The summed E-state index contributed by atoms with van der Waals surface area (Å²) >= 11 is 0. The largest absolute Gasteiger partial charge is 0.466 e. The number of hydrogen-bond donors (Lipinski definition) is 1. The molecule has 0 radical (unpaired) electrons. The molecule has 0 bridgehead atoms. The molecule has 1 N–H and O–H groups in total. The monoisotopic (exact) mass is 226 g/mol. The van der Waals surface area contributed by atoms with Gasteiger partial charge in [0, 0.05) is 0 Å². The zero-order valence-corrected chi connectivity index (χ0v) is 10.1. The van der Waals surface area contributed by atoms with Crippen molar-refractivity contribution >= 4 is 5.97 Å². The molecule has 0 aromatic carbocycles. The minimum atomic E-state index is -1.70. The molecular weight excluding hydrogens is 208 g/mol. The smallest absolute Gasteiger partial charge is 0.346 e. The summed E-state index contributed by atoms with van der Waals surface area (Å²) in [6, 6.07) is 3.19. The van der Waals surface area contributed by atoms with Crippen molar-refractivity contribution in [2.24, 2.45) is 0 Å². The van der Waals surface area contributed by atoms with E-state index in [1.54, 1.807) is 39.8 Å². The van der Waals surface area contributed by atoms with E-state index >= 15 is 0 Å². The molecule has 1 heterocycles. The van der Waals surface area contributed by atoms with Crippen molar-refractivity contribution in [3.8, 4) is 0 Å². The fraction of sp³-hybridized carbons (Fsp3) is 0.583. The van der Waals surface area contributed by atoms with Crippen LogP contribution in [0.2, 0.25) is 0 Å². The van der Waals surface area contributed by atoms with Gasteiger partial charge in [-0.1, -0.05) is 6.92 Å². The molecule has 0 saturated heterocycles. The summed E-state index contributed by atoms with van der Waals surface area (Å²) in [7, 11) is 0. The van der Waals surface area contributed by atoms with Crippen LogP contribution < -0.4 is 0 Å². The van der Waals surface area contributed by atoms with Crippen LogP contribution in [-0.4, -0.2) is 16.7 Å². The molecule has 0 fully saturated rings. The van der Waals surface area contributed by atoms with E-state index in [0.717, 1.165) is 0 Å². The normalized spacial score (nSPS) is 15.6. The number of rotatable bonds is 3. The summed E-state index contributed by atoms with van der Waals surface area (Å²) in [5.41, 5.74) is -2.33. The molecule has 0 saturated carbocycles. The molecule has 0 amide bonds. The van der Waals surface area contributed by atoms with Gasteiger partial charge < -0.3 is 14.3 Å². The van der Waals surface area contributed by atoms with Gasteiger partial charge in [-0.05, 0) is 39.3 Å². The third kappa shape index (κ3) is 2.64. The number of ether oxygens (including phenoxy) is 1. The van der Waals surface area contributed by atoms with Crippen LogP contribution in [0.5, 0.6) is 0 Å². The lowest BCUT2D eigenvalue weighted by Crippen LogP contribution is -2.40. The molecule has 0 aliphatic rings. The van der Waals surface area contributed by atoms with Gasteiger partial charge in [-0.3, -0.25) is 0 Å². The van der Waals surface area contributed by atoms with Crippen molar-refractivity contribution in [2.45, 2.75) is 45.3 Å². The van der Waals surface area contributed by atoms with E-state index in [2.05, 4.69) is 0 Å². The van der Waals surface area contributed by atoms with E-state index in [4.69, 9.17) is 9.15 Å². The molecule has 90 valence electrons. The Balaban J connectivity index is 2.94. The van der Waals surface area contributed by atoms with E-state index in [1.807, 2.05) is 0 Å². The molecule has 0 aliphatic heterocycles. The van der Waals surface area contributed by atoms with Crippen molar-refractivity contribution in [1.82, 2.24) is 0 Å². The van der Waals surface area contributed by atoms with Gasteiger partial charge in [-0.15, -0.1) is 0 Å². The van der Waals surface area contributed by atoms with Gasteiger partial charge >= 0.3 is 5.97 Å². The SMILES string of the molecule is CC[C@](O)(C(=O)OC(C)(C)C)c1ccco1. The maximum Gasteiger partial charge on any atom is 0.346 e. The first-order valence-electron chi connectivity index (χ1n) is 5.29. The van der Waals surface area contributed by atoms with Gasteiger partial charge in [0.15, 0.2) is 0 Å². The Labute approximate surface area is 95.2 Å². The Morgan fingerprint density at radius 3 is 2.50 bits per heavy atom. The van der Waals surface area contributed by atoms with Crippen molar-refractivity contribution in [2.75, 3.05) is 0 Å². The number of carbonyl (C=O) groups is 1. The van der Waals surface area contributed by atoms with Crippen LogP contribution in [0.3, 0.4) is 0 Å². The van der Waals surface area contributed by atoms with Crippen LogP contribution in [0.1, 0.15) is 39.9 Å². The van der Waals surface area contributed by atoms with E-state index < -0.39 is 17.2 Å². The van der Waals surface area contributed by atoms with Gasteiger partial charge in [0.25, 0.3) is 0 Å². The third-order valence-corrected chi connectivity index (χ3v) is 2.18. The summed E-state index contributed by atoms with van der Waals surface area (Å²) in [6.45, 7) is 6.96. The molecule has 0 spiro atoms. The number of carbonyl (C=O) groups excluding carboxylic acids is 1. The standard InChI is InChI=1S/C12H18O4/c1-5-12(14,9-7-6-8-15-9)10(13)16-11(2,3)4/h6-8,14H,5H2,1-4H3/t12-/m1/s1. The summed E-state index contributed by atoms with van der Waals surface area (Å²) in [6.07, 6.45) is 1.62. The van der Waals surface area contributed by atoms with Gasteiger partial charge in [0.1, 0.15) is 11.4 Å². The average molecular weight is 226 g/mol. The highest BCUT2D eigenvalue weighted by Crippen LogP contribution is 2.28. The molecule has 4 nitrogen and oxygen atoms in total. The average Bonchev–Trinajstić information content (AvgIpc) is 2.66. The lowest BCUT2D eigenvalue weighted by molar-refractivity contribution is -0.180. The Morgan fingerprint density at radius 1 is 1.50 bits per heavy atom. The molecule has 16 heavy (non-hydrogen) atoms. The van der Waals surface area contributed by atoms with E-state index in [9.17, 15) is 9.90 Å². The first-order chi connectivity index (χ1) is 7.29. The van der Waals surface area contributed by atoms with Gasteiger partial charge in [0.05, 0.1) is 6.26 Å². The highest BCUT2D eigenvalue weighted by molar-refractivity contribution is 5.80. The van der Waals surface area contributed by atoms with Gasteiger partial charge in [-0.25, -0.2) is 4.79 Å². The second kappa shape index (κ2) is 4.29. The minimum Gasteiger partial charge on any atom is -0.466 e. The van der Waals surface area contributed by atoms with Crippen LogP contribution in [0.25, 0.3) is 0 Å². The minimum absolute atomic E-state index is 0.204. The van der Waals surface area contributed by atoms with Crippen LogP contribution in [-0.2, 0) is 15.1 Å². The van der Waals surface area contributed by atoms with E-state index in [1.165, 1.54) is 6.26 Å². The zero-order valence-electron chi connectivity index (χ0n) is 10.1. The molecule has 1 aromatic heterocycles. The number of aliphatic hydroxyl groups is 1. The Kier molecular flexibility index (Phi) is 3.43. The van der Waals surface area contributed by atoms with Crippen molar-refractivity contribution in [3.63, 3.8) is 0 Å². The highest BCUT2D eigenvalue weighted by Gasteiger charge is 2.42.